The Balaban J connectivity index is 0.00000320. The average molecular weight is 423 g/mol. The molecule has 0 saturated carbocycles. The summed E-state index contributed by atoms with van der Waals surface area (Å²) in [4.78, 5) is 13.1. The average Bonchev–Trinajstić information content (AvgIpc) is 2.73. The number of nitrogens with one attached hydrogen (secondary N) is 3. The molecule has 1 atom stereocenters. The topological polar surface area (TPSA) is 91.0 Å². The zero-order valence-electron chi connectivity index (χ0n) is 17.1. The maximum atomic E-state index is 13.1. The van der Waals surface area contributed by atoms with Crippen molar-refractivity contribution in [2.75, 3.05) is 5.32 Å². The summed E-state index contributed by atoms with van der Waals surface area (Å²) in [6, 6.07) is 22.5. The summed E-state index contributed by atoms with van der Waals surface area (Å²) in [5.41, 5.74) is 11.2. The van der Waals surface area contributed by atoms with Crippen molar-refractivity contribution in [3.63, 3.8) is 0 Å². The van der Waals surface area contributed by atoms with Crippen LogP contribution in [0.25, 0.3) is 0 Å². The Labute approximate surface area is 183 Å². The molecule has 0 bridgehead atoms. The smallest absolute Gasteiger partial charge is 0.247 e. The highest BCUT2D eigenvalue weighted by Gasteiger charge is 2.21. The van der Waals surface area contributed by atoms with Gasteiger partial charge in [-0.15, -0.1) is 12.4 Å². The predicted octanol–water partition coefficient (Wildman–Crippen LogP) is 4.48. The lowest BCUT2D eigenvalue weighted by atomic mass is 10.00. The quantitative estimate of drug-likeness (QED) is 0.334. The summed E-state index contributed by atoms with van der Waals surface area (Å²) in [5.74, 6) is -0.0874. The van der Waals surface area contributed by atoms with E-state index in [0.717, 1.165) is 22.4 Å². The molecule has 6 heteroatoms. The van der Waals surface area contributed by atoms with Crippen LogP contribution in [0.5, 0.6) is 0 Å². The van der Waals surface area contributed by atoms with Crippen molar-refractivity contribution in [2.24, 2.45) is 5.73 Å². The SMILES string of the molecule is Cc1ccc([C@@H](Nc2ccc(C(=N)N)cc2)C(=O)NCc2ccccc2)cc1C.Cl. The molecule has 0 spiro atoms. The number of rotatable bonds is 7. The van der Waals surface area contributed by atoms with Crippen LogP contribution in [0.3, 0.4) is 0 Å². The molecule has 30 heavy (non-hydrogen) atoms. The zero-order valence-corrected chi connectivity index (χ0v) is 17.9. The second kappa shape index (κ2) is 10.5. The molecule has 3 aromatic rings. The highest BCUT2D eigenvalue weighted by molar-refractivity contribution is 5.95. The van der Waals surface area contributed by atoms with Crippen molar-refractivity contribution in [1.82, 2.24) is 5.32 Å². The van der Waals surface area contributed by atoms with E-state index in [0.29, 0.717) is 12.1 Å². The van der Waals surface area contributed by atoms with Crippen LogP contribution in [-0.2, 0) is 11.3 Å². The van der Waals surface area contributed by atoms with Gasteiger partial charge < -0.3 is 16.4 Å². The van der Waals surface area contributed by atoms with Crippen LogP contribution < -0.4 is 16.4 Å². The maximum absolute atomic E-state index is 13.1. The fourth-order valence-corrected chi connectivity index (χ4v) is 3.04. The van der Waals surface area contributed by atoms with E-state index in [1.165, 1.54) is 5.56 Å². The molecular weight excluding hydrogens is 396 g/mol. The minimum Gasteiger partial charge on any atom is -0.384 e. The van der Waals surface area contributed by atoms with E-state index in [2.05, 4.69) is 17.6 Å². The largest absolute Gasteiger partial charge is 0.384 e. The number of nitrogens with two attached hydrogens (primary N) is 1. The molecule has 0 aliphatic carbocycles. The lowest BCUT2D eigenvalue weighted by Crippen LogP contribution is -2.33. The number of hydrogen-bond acceptors (Lipinski definition) is 3. The van der Waals surface area contributed by atoms with Crippen LogP contribution in [0.15, 0.2) is 72.8 Å². The molecule has 1 amide bonds. The number of carbonyl (C=O) groups excluding carboxylic acids is 1. The van der Waals surface area contributed by atoms with Gasteiger partial charge in [0.25, 0.3) is 0 Å². The first-order chi connectivity index (χ1) is 13.9. The molecule has 156 valence electrons. The number of anilines is 1. The molecular formula is C24H27ClN4O. The normalized spacial score (nSPS) is 11.1. The summed E-state index contributed by atoms with van der Waals surface area (Å²) in [5, 5.41) is 13.9. The second-order valence-electron chi connectivity index (χ2n) is 7.12. The molecule has 0 heterocycles. The first-order valence-corrected chi connectivity index (χ1v) is 9.54. The fraction of sp³-hybridized carbons (Fsp3) is 0.167. The first kappa shape index (κ1) is 23.0. The lowest BCUT2D eigenvalue weighted by molar-refractivity contribution is -0.122. The molecule has 0 aromatic heterocycles. The molecule has 3 aromatic carbocycles. The van der Waals surface area contributed by atoms with Gasteiger partial charge in [-0.1, -0.05) is 48.5 Å². The third kappa shape index (κ3) is 5.84. The van der Waals surface area contributed by atoms with Gasteiger partial charge in [0.15, 0.2) is 0 Å². The molecule has 0 aliphatic heterocycles. The highest BCUT2D eigenvalue weighted by Crippen LogP contribution is 2.23. The minimum absolute atomic E-state index is 0. The standard InChI is InChI=1S/C24H26N4O.ClH/c1-16-8-9-20(14-17(16)2)22(24(29)27-15-18-6-4-3-5-7-18)28-21-12-10-19(11-13-21)23(25)26;/h3-14,22,28H,15H2,1-2H3,(H3,25,26)(H,27,29);1H/t22-;/m1./s1. The Hall–Kier alpha value is -3.31. The number of carbonyl (C=O) groups is 1. The van der Waals surface area contributed by atoms with Crippen LogP contribution in [-0.4, -0.2) is 11.7 Å². The van der Waals surface area contributed by atoms with Crippen LogP contribution in [0.1, 0.15) is 33.9 Å². The van der Waals surface area contributed by atoms with Gasteiger partial charge in [0.2, 0.25) is 5.91 Å². The molecule has 0 saturated heterocycles. The van der Waals surface area contributed by atoms with E-state index in [-0.39, 0.29) is 24.1 Å². The van der Waals surface area contributed by atoms with Crippen molar-refractivity contribution < 1.29 is 4.79 Å². The number of halogens is 1. The monoisotopic (exact) mass is 422 g/mol. The van der Waals surface area contributed by atoms with Gasteiger partial charge in [0, 0.05) is 17.8 Å². The Morgan fingerprint density at radius 1 is 0.967 bits per heavy atom. The van der Waals surface area contributed by atoms with E-state index in [1.807, 2.05) is 67.6 Å². The van der Waals surface area contributed by atoms with Gasteiger partial charge in [0.1, 0.15) is 11.9 Å². The molecule has 0 aliphatic rings. The number of aryl methyl sites for hydroxylation is 2. The van der Waals surface area contributed by atoms with Crippen LogP contribution in [0.2, 0.25) is 0 Å². The van der Waals surface area contributed by atoms with Crippen molar-refractivity contribution >= 4 is 29.8 Å². The summed E-state index contributed by atoms with van der Waals surface area (Å²) >= 11 is 0. The highest BCUT2D eigenvalue weighted by atomic mass is 35.5. The molecule has 5 nitrogen and oxygen atoms in total. The number of hydrogen-bond donors (Lipinski definition) is 4. The Kier molecular flexibility index (Phi) is 8.01. The van der Waals surface area contributed by atoms with Crippen LogP contribution >= 0.6 is 12.4 Å². The van der Waals surface area contributed by atoms with Gasteiger partial charge in [0.05, 0.1) is 0 Å². The molecule has 0 fully saturated rings. The predicted molar refractivity (Wildman–Crippen MR) is 125 cm³/mol. The lowest BCUT2D eigenvalue weighted by Gasteiger charge is -2.21. The summed E-state index contributed by atoms with van der Waals surface area (Å²) in [6.07, 6.45) is 0. The van der Waals surface area contributed by atoms with E-state index in [1.54, 1.807) is 12.1 Å². The Bertz CT molecular complexity index is 1000. The Morgan fingerprint density at radius 2 is 1.63 bits per heavy atom. The zero-order chi connectivity index (χ0) is 20.8. The van der Waals surface area contributed by atoms with E-state index < -0.39 is 6.04 Å². The van der Waals surface area contributed by atoms with Crippen molar-refractivity contribution in [1.29, 1.82) is 5.41 Å². The van der Waals surface area contributed by atoms with E-state index >= 15 is 0 Å². The summed E-state index contributed by atoms with van der Waals surface area (Å²) in [6.45, 7) is 4.56. The molecule has 5 N–H and O–H groups in total. The first-order valence-electron chi connectivity index (χ1n) is 9.54. The van der Waals surface area contributed by atoms with Crippen LogP contribution in [0.4, 0.5) is 5.69 Å². The second-order valence-corrected chi connectivity index (χ2v) is 7.12. The van der Waals surface area contributed by atoms with Crippen LogP contribution in [0, 0.1) is 19.3 Å². The van der Waals surface area contributed by atoms with Gasteiger partial charge >= 0.3 is 0 Å². The number of benzene rings is 3. The summed E-state index contributed by atoms with van der Waals surface area (Å²) in [7, 11) is 0. The van der Waals surface area contributed by atoms with Crippen molar-refractivity contribution in [3.05, 3.63) is 101 Å². The van der Waals surface area contributed by atoms with Gasteiger partial charge in [-0.2, -0.15) is 0 Å². The minimum atomic E-state index is -0.541. The Morgan fingerprint density at radius 3 is 2.23 bits per heavy atom. The number of amides is 1. The van der Waals surface area contributed by atoms with Gasteiger partial charge in [-0.25, -0.2) is 0 Å². The van der Waals surface area contributed by atoms with E-state index in [4.69, 9.17) is 11.1 Å². The summed E-state index contributed by atoms with van der Waals surface area (Å²) < 4.78 is 0. The maximum Gasteiger partial charge on any atom is 0.247 e. The number of amidine groups is 1. The fourth-order valence-electron chi connectivity index (χ4n) is 3.04. The molecule has 0 unspecified atom stereocenters. The molecule has 3 rings (SSSR count). The molecule has 0 radical (unpaired) electrons. The van der Waals surface area contributed by atoms with Gasteiger partial charge in [-0.05, 0) is 60.4 Å². The van der Waals surface area contributed by atoms with E-state index in [9.17, 15) is 4.79 Å². The van der Waals surface area contributed by atoms with Gasteiger partial charge in [-0.3, -0.25) is 10.2 Å². The third-order valence-corrected chi connectivity index (χ3v) is 4.94. The third-order valence-electron chi connectivity index (χ3n) is 4.94. The van der Waals surface area contributed by atoms with Crippen molar-refractivity contribution in [3.8, 4) is 0 Å². The number of nitrogen functional groups attached to an aromatic ring is 1. The van der Waals surface area contributed by atoms with Crippen molar-refractivity contribution in [2.45, 2.75) is 26.4 Å².